The zero-order chi connectivity index (χ0) is 9.14. The van der Waals surface area contributed by atoms with Crippen LogP contribution in [0.4, 0.5) is 0 Å². The Morgan fingerprint density at radius 3 is 2.67 bits per heavy atom. The number of aryl methyl sites for hydroxylation is 1. The van der Waals surface area contributed by atoms with Crippen molar-refractivity contribution in [3.8, 4) is 0 Å². The van der Waals surface area contributed by atoms with Crippen molar-refractivity contribution in [2.45, 2.75) is 19.9 Å². The summed E-state index contributed by atoms with van der Waals surface area (Å²) >= 11 is 7.65. The molecule has 0 spiro atoms. The lowest BCUT2D eigenvalue weighted by Crippen LogP contribution is -2.09. The van der Waals surface area contributed by atoms with Crippen molar-refractivity contribution in [1.29, 1.82) is 0 Å². The first-order valence-electron chi connectivity index (χ1n) is 3.72. The lowest BCUT2D eigenvalue weighted by atomic mass is 10.4. The predicted octanol–water partition coefficient (Wildman–Crippen LogP) is 2.16. The van der Waals surface area contributed by atoms with Gasteiger partial charge in [0.1, 0.15) is 5.82 Å². The van der Waals surface area contributed by atoms with Crippen molar-refractivity contribution in [3.05, 3.63) is 11.1 Å². The minimum atomic E-state index is 0.363. The standard InChI is InChI=1S/C7H12ClN3S/c1-5(4-12-3)11-6(2)9-10-7(11)8/h5H,4H2,1-3H3. The second-order valence-corrected chi connectivity index (χ2v) is 3.94. The van der Waals surface area contributed by atoms with E-state index in [0.717, 1.165) is 11.6 Å². The van der Waals surface area contributed by atoms with E-state index in [4.69, 9.17) is 11.6 Å². The highest BCUT2D eigenvalue weighted by Gasteiger charge is 2.11. The minimum Gasteiger partial charge on any atom is -0.298 e. The topological polar surface area (TPSA) is 30.7 Å². The van der Waals surface area contributed by atoms with E-state index in [1.807, 2.05) is 11.5 Å². The van der Waals surface area contributed by atoms with E-state index in [2.05, 4.69) is 23.4 Å². The Balaban J connectivity index is 2.85. The molecule has 0 aliphatic heterocycles. The Kier molecular flexibility index (Phi) is 3.40. The van der Waals surface area contributed by atoms with E-state index < -0.39 is 0 Å². The molecule has 1 rings (SSSR count). The molecule has 12 heavy (non-hydrogen) atoms. The molecule has 1 aromatic rings. The Morgan fingerprint density at radius 1 is 1.58 bits per heavy atom. The number of aromatic nitrogens is 3. The molecular formula is C7H12ClN3S. The van der Waals surface area contributed by atoms with Crippen LogP contribution in [-0.2, 0) is 0 Å². The van der Waals surface area contributed by atoms with E-state index in [1.165, 1.54) is 0 Å². The maximum atomic E-state index is 5.86. The first kappa shape index (κ1) is 9.86. The van der Waals surface area contributed by atoms with Gasteiger partial charge in [-0.05, 0) is 31.7 Å². The number of halogens is 1. The summed E-state index contributed by atoms with van der Waals surface area (Å²) in [6, 6.07) is 0.363. The van der Waals surface area contributed by atoms with Crippen LogP contribution in [0, 0.1) is 6.92 Å². The third kappa shape index (κ3) is 1.93. The fourth-order valence-electron chi connectivity index (χ4n) is 1.16. The van der Waals surface area contributed by atoms with Gasteiger partial charge in [0.15, 0.2) is 0 Å². The SMILES string of the molecule is CSCC(C)n1c(C)nnc1Cl. The van der Waals surface area contributed by atoms with E-state index in [-0.39, 0.29) is 0 Å². The van der Waals surface area contributed by atoms with Crippen LogP contribution in [0.25, 0.3) is 0 Å². The van der Waals surface area contributed by atoms with Crippen LogP contribution in [0.2, 0.25) is 5.28 Å². The first-order valence-corrected chi connectivity index (χ1v) is 5.50. The third-order valence-electron chi connectivity index (χ3n) is 1.67. The zero-order valence-electron chi connectivity index (χ0n) is 7.41. The van der Waals surface area contributed by atoms with Gasteiger partial charge < -0.3 is 0 Å². The molecule has 3 nitrogen and oxygen atoms in total. The van der Waals surface area contributed by atoms with Gasteiger partial charge in [-0.2, -0.15) is 11.8 Å². The van der Waals surface area contributed by atoms with Crippen LogP contribution >= 0.6 is 23.4 Å². The minimum absolute atomic E-state index is 0.363. The van der Waals surface area contributed by atoms with Crippen molar-refractivity contribution >= 4 is 23.4 Å². The molecule has 0 aliphatic carbocycles. The summed E-state index contributed by atoms with van der Waals surface area (Å²) in [6.45, 7) is 4.02. The molecule has 0 saturated carbocycles. The van der Waals surface area contributed by atoms with Crippen LogP contribution in [0.3, 0.4) is 0 Å². The average Bonchev–Trinajstić information content (AvgIpc) is 2.32. The highest BCUT2D eigenvalue weighted by atomic mass is 35.5. The lowest BCUT2D eigenvalue weighted by Gasteiger charge is -2.13. The molecule has 0 aromatic carbocycles. The molecule has 5 heteroatoms. The summed E-state index contributed by atoms with van der Waals surface area (Å²) in [5.74, 6) is 1.90. The summed E-state index contributed by atoms with van der Waals surface area (Å²) < 4.78 is 1.94. The van der Waals surface area contributed by atoms with Crippen LogP contribution in [0.15, 0.2) is 0 Å². The normalized spacial score (nSPS) is 13.3. The molecule has 0 radical (unpaired) electrons. The molecule has 0 saturated heterocycles. The molecule has 68 valence electrons. The summed E-state index contributed by atoms with van der Waals surface area (Å²) in [5, 5.41) is 8.16. The number of thioether (sulfide) groups is 1. The summed E-state index contributed by atoms with van der Waals surface area (Å²) in [6.07, 6.45) is 2.07. The summed E-state index contributed by atoms with van der Waals surface area (Å²) in [7, 11) is 0. The van der Waals surface area contributed by atoms with Crippen LogP contribution in [-0.4, -0.2) is 26.8 Å². The van der Waals surface area contributed by atoms with Crippen molar-refractivity contribution in [1.82, 2.24) is 14.8 Å². The van der Waals surface area contributed by atoms with Crippen molar-refractivity contribution in [2.75, 3.05) is 12.0 Å². The van der Waals surface area contributed by atoms with Crippen molar-refractivity contribution in [2.24, 2.45) is 0 Å². The van der Waals surface area contributed by atoms with Gasteiger partial charge in [0, 0.05) is 11.8 Å². The van der Waals surface area contributed by atoms with Gasteiger partial charge in [0.25, 0.3) is 0 Å². The maximum Gasteiger partial charge on any atom is 0.225 e. The molecule has 0 amide bonds. The molecule has 0 bridgehead atoms. The van der Waals surface area contributed by atoms with Gasteiger partial charge in [-0.3, -0.25) is 4.57 Å². The molecule has 0 fully saturated rings. The fraction of sp³-hybridized carbons (Fsp3) is 0.714. The zero-order valence-corrected chi connectivity index (χ0v) is 8.98. The smallest absolute Gasteiger partial charge is 0.225 e. The maximum absolute atomic E-state index is 5.86. The van der Waals surface area contributed by atoms with Crippen molar-refractivity contribution in [3.63, 3.8) is 0 Å². The van der Waals surface area contributed by atoms with Crippen LogP contribution in [0.5, 0.6) is 0 Å². The number of hydrogen-bond acceptors (Lipinski definition) is 3. The first-order chi connectivity index (χ1) is 5.66. The monoisotopic (exact) mass is 205 g/mol. The Morgan fingerprint density at radius 2 is 2.25 bits per heavy atom. The van der Waals surface area contributed by atoms with Gasteiger partial charge in [-0.25, -0.2) is 0 Å². The highest BCUT2D eigenvalue weighted by Crippen LogP contribution is 2.18. The number of nitrogens with zero attached hydrogens (tertiary/aromatic N) is 3. The Labute approximate surface area is 81.5 Å². The highest BCUT2D eigenvalue weighted by molar-refractivity contribution is 7.98. The summed E-state index contributed by atoms with van der Waals surface area (Å²) in [4.78, 5) is 0. The van der Waals surface area contributed by atoms with E-state index in [1.54, 1.807) is 11.8 Å². The van der Waals surface area contributed by atoms with Gasteiger partial charge in [0.05, 0.1) is 0 Å². The quantitative estimate of drug-likeness (QED) is 0.758. The number of rotatable bonds is 3. The lowest BCUT2D eigenvalue weighted by molar-refractivity contribution is 0.591. The second kappa shape index (κ2) is 4.14. The molecular weight excluding hydrogens is 194 g/mol. The molecule has 1 atom stereocenters. The molecule has 0 aliphatic rings. The molecule has 1 aromatic heterocycles. The van der Waals surface area contributed by atoms with E-state index >= 15 is 0 Å². The van der Waals surface area contributed by atoms with Gasteiger partial charge in [-0.1, -0.05) is 0 Å². The molecule has 1 heterocycles. The van der Waals surface area contributed by atoms with Gasteiger partial charge >= 0.3 is 0 Å². The van der Waals surface area contributed by atoms with Crippen LogP contribution in [0.1, 0.15) is 18.8 Å². The van der Waals surface area contributed by atoms with Crippen molar-refractivity contribution < 1.29 is 0 Å². The van der Waals surface area contributed by atoms with Gasteiger partial charge in [-0.15, -0.1) is 10.2 Å². The van der Waals surface area contributed by atoms with Crippen LogP contribution < -0.4 is 0 Å². The Bertz CT molecular complexity index is 242. The molecule has 1 unspecified atom stereocenters. The molecule has 0 N–H and O–H groups in total. The Hall–Kier alpha value is -0.220. The largest absolute Gasteiger partial charge is 0.298 e. The van der Waals surface area contributed by atoms with Gasteiger partial charge in [0.2, 0.25) is 5.28 Å². The van der Waals surface area contributed by atoms with E-state index in [9.17, 15) is 0 Å². The second-order valence-electron chi connectivity index (χ2n) is 2.69. The predicted molar refractivity (Wildman–Crippen MR) is 52.9 cm³/mol. The number of hydrogen-bond donors (Lipinski definition) is 0. The third-order valence-corrected chi connectivity index (χ3v) is 2.75. The average molecular weight is 206 g/mol. The summed E-state index contributed by atoms with van der Waals surface area (Å²) in [5.41, 5.74) is 0. The fourth-order valence-corrected chi connectivity index (χ4v) is 2.12. The van der Waals surface area contributed by atoms with E-state index in [0.29, 0.717) is 11.3 Å².